The Morgan fingerprint density at radius 2 is 1.80 bits per heavy atom. The van der Waals surface area contributed by atoms with E-state index in [9.17, 15) is 0 Å². The standard InChI is InChI=1S/C14H21Cl/c1-10-6-7-12(11(2)8-10)13(15)9-14(3,4)5/h6-8,13H,9H2,1-5H3. The molecule has 1 heteroatoms. The molecule has 1 unspecified atom stereocenters. The fourth-order valence-corrected chi connectivity index (χ4v) is 2.53. The van der Waals surface area contributed by atoms with Crippen molar-refractivity contribution in [3.8, 4) is 0 Å². The molecule has 0 amide bonds. The molecule has 0 N–H and O–H groups in total. The van der Waals surface area contributed by atoms with Crippen LogP contribution < -0.4 is 0 Å². The first kappa shape index (κ1) is 12.6. The minimum atomic E-state index is 0.130. The largest absolute Gasteiger partial charge is 0.118 e. The van der Waals surface area contributed by atoms with E-state index in [-0.39, 0.29) is 10.8 Å². The summed E-state index contributed by atoms with van der Waals surface area (Å²) in [6.45, 7) is 10.9. The Morgan fingerprint density at radius 3 is 2.27 bits per heavy atom. The van der Waals surface area contributed by atoms with Gasteiger partial charge < -0.3 is 0 Å². The molecule has 1 rings (SSSR count). The van der Waals surface area contributed by atoms with Gasteiger partial charge in [0.15, 0.2) is 0 Å². The molecule has 0 fully saturated rings. The highest BCUT2D eigenvalue weighted by molar-refractivity contribution is 6.20. The fraction of sp³-hybridized carbons (Fsp3) is 0.571. The lowest BCUT2D eigenvalue weighted by Gasteiger charge is -2.23. The highest BCUT2D eigenvalue weighted by atomic mass is 35.5. The Labute approximate surface area is 98.7 Å². The Balaban J connectivity index is 2.87. The molecular weight excluding hydrogens is 204 g/mol. The maximum absolute atomic E-state index is 6.45. The van der Waals surface area contributed by atoms with Gasteiger partial charge in [0.2, 0.25) is 0 Å². The van der Waals surface area contributed by atoms with Gasteiger partial charge in [-0.2, -0.15) is 0 Å². The van der Waals surface area contributed by atoms with Gasteiger partial charge in [-0.3, -0.25) is 0 Å². The van der Waals surface area contributed by atoms with Crippen LogP contribution in [0.5, 0.6) is 0 Å². The van der Waals surface area contributed by atoms with Crippen molar-refractivity contribution in [2.24, 2.45) is 5.41 Å². The van der Waals surface area contributed by atoms with Crippen molar-refractivity contribution in [2.45, 2.75) is 46.4 Å². The summed E-state index contributed by atoms with van der Waals surface area (Å²) in [6.07, 6.45) is 1.01. The number of halogens is 1. The highest BCUT2D eigenvalue weighted by Crippen LogP contribution is 2.35. The number of benzene rings is 1. The van der Waals surface area contributed by atoms with E-state index < -0.39 is 0 Å². The molecular formula is C14H21Cl. The minimum Gasteiger partial charge on any atom is -0.118 e. The third-order valence-electron chi connectivity index (χ3n) is 2.55. The quantitative estimate of drug-likeness (QED) is 0.619. The van der Waals surface area contributed by atoms with E-state index in [1.807, 2.05) is 0 Å². The van der Waals surface area contributed by atoms with Crippen LogP contribution in [-0.2, 0) is 0 Å². The van der Waals surface area contributed by atoms with Gasteiger partial charge in [0.05, 0.1) is 5.38 Å². The molecule has 0 nitrogen and oxygen atoms in total. The second-order valence-corrected chi connectivity index (χ2v) is 6.12. The van der Waals surface area contributed by atoms with Gasteiger partial charge in [-0.15, -0.1) is 11.6 Å². The molecule has 0 bridgehead atoms. The third kappa shape index (κ3) is 3.87. The third-order valence-corrected chi connectivity index (χ3v) is 2.94. The summed E-state index contributed by atoms with van der Waals surface area (Å²) in [5.41, 5.74) is 4.16. The molecule has 0 saturated carbocycles. The molecule has 15 heavy (non-hydrogen) atoms. The summed E-state index contributed by atoms with van der Waals surface area (Å²) >= 11 is 6.45. The monoisotopic (exact) mass is 224 g/mol. The zero-order chi connectivity index (χ0) is 11.6. The maximum atomic E-state index is 6.45. The number of hydrogen-bond donors (Lipinski definition) is 0. The van der Waals surface area contributed by atoms with Crippen molar-refractivity contribution < 1.29 is 0 Å². The van der Waals surface area contributed by atoms with E-state index in [4.69, 9.17) is 11.6 Å². The molecule has 84 valence electrons. The first-order chi connectivity index (χ1) is 6.79. The summed E-state index contributed by atoms with van der Waals surface area (Å²) in [7, 11) is 0. The van der Waals surface area contributed by atoms with E-state index >= 15 is 0 Å². The van der Waals surface area contributed by atoms with E-state index in [1.165, 1.54) is 16.7 Å². The van der Waals surface area contributed by atoms with E-state index in [0.29, 0.717) is 0 Å². The summed E-state index contributed by atoms with van der Waals surface area (Å²) in [5, 5.41) is 0.130. The van der Waals surface area contributed by atoms with Gasteiger partial charge in [-0.1, -0.05) is 44.5 Å². The molecule has 0 aliphatic rings. The van der Waals surface area contributed by atoms with Gasteiger partial charge in [0, 0.05) is 0 Å². The normalized spacial score (nSPS) is 14.0. The molecule has 0 aromatic heterocycles. The van der Waals surface area contributed by atoms with Crippen molar-refractivity contribution in [1.29, 1.82) is 0 Å². The number of aryl methyl sites for hydroxylation is 2. The number of alkyl halides is 1. The van der Waals surface area contributed by atoms with Crippen LogP contribution in [0, 0.1) is 19.3 Å². The zero-order valence-corrected chi connectivity index (χ0v) is 11.2. The first-order valence-electron chi connectivity index (χ1n) is 5.51. The van der Waals surface area contributed by atoms with Crippen LogP contribution in [0.15, 0.2) is 18.2 Å². The van der Waals surface area contributed by atoms with Crippen molar-refractivity contribution in [1.82, 2.24) is 0 Å². The molecule has 1 aromatic rings. The van der Waals surface area contributed by atoms with Crippen molar-refractivity contribution >= 4 is 11.6 Å². The van der Waals surface area contributed by atoms with E-state index in [2.05, 4.69) is 52.8 Å². The second kappa shape index (κ2) is 4.57. The summed E-state index contributed by atoms with van der Waals surface area (Å²) in [6, 6.07) is 6.50. The van der Waals surface area contributed by atoms with Gasteiger partial charge in [-0.25, -0.2) is 0 Å². The lowest BCUT2D eigenvalue weighted by atomic mass is 9.87. The van der Waals surface area contributed by atoms with Gasteiger partial charge in [0.25, 0.3) is 0 Å². The van der Waals surface area contributed by atoms with Crippen molar-refractivity contribution in [3.05, 3.63) is 34.9 Å². The van der Waals surface area contributed by atoms with Gasteiger partial charge in [0.1, 0.15) is 0 Å². The van der Waals surface area contributed by atoms with Crippen LogP contribution in [0.2, 0.25) is 0 Å². The molecule has 1 aromatic carbocycles. The Hall–Kier alpha value is -0.490. The fourth-order valence-electron chi connectivity index (χ4n) is 1.82. The average Bonchev–Trinajstić information content (AvgIpc) is 1.99. The van der Waals surface area contributed by atoms with Crippen LogP contribution in [0.25, 0.3) is 0 Å². The van der Waals surface area contributed by atoms with Gasteiger partial charge >= 0.3 is 0 Å². The lowest BCUT2D eigenvalue weighted by molar-refractivity contribution is 0.372. The zero-order valence-electron chi connectivity index (χ0n) is 10.4. The van der Waals surface area contributed by atoms with E-state index in [0.717, 1.165) is 6.42 Å². The molecule has 1 atom stereocenters. The van der Waals surface area contributed by atoms with Crippen molar-refractivity contribution in [2.75, 3.05) is 0 Å². The summed E-state index contributed by atoms with van der Waals surface area (Å²) in [5.74, 6) is 0. The molecule has 0 aliphatic carbocycles. The van der Waals surface area contributed by atoms with Crippen LogP contribution in [0.3, 0.4) is 0 Å². The topological polar surface area (TPSA) is 0 Å². The molecule has 0 aliphatic heterocycles. The van der Waals surface area contributed by atoms with Crippen LogP contribution in [0.4, 0.5) is 0 Å². The van der Waals surface area contributed by atoms with Crippen LogP contribution >= 0.6 is 11.6 Å². The first-order valence-corrected chi connectivity index (χ1v) is 5.94. The predicted molar refractivity (Wildman–Crippen MR) is 68.6 cm³/mol. The SMILES string of the molecule is Cc1ccc(C(Cl)CC(C)(C)C)c(C)c1. The van der Waals surface area contributed by atoms with E-state index in [1.54, 1.807) is 0 Å². The van der Waals surface area contributed by atoms with Crippen LogP contribution in [-0.4, -0.2) is 0 Å². The van der Waals surface area contributed by atoms with Crippen molar-refractivity contribution in [3.63, 3.8) is 0 Å². The maximum Gasteiger partial charge on any atom is 0.0592 e. The molecule has 0 heterocycles. The Bertz CT molecular complexity index is 334. The smallest absolute Gasteiger partial charge is 0.0592 e. The lowest BCUT2D eigenvalue weighted by Crippen LogP contribution is -2.09. The molecule has 0 spiro atoms. The number of hydrogen-bond acceptors (Lipinski definition) is 0. The van der Waals surface area contributed by atoms with Gasteiger partial charge in [-0.05, 0) is 36.8 Å². The predicted octanol–water partition coefficient (Wildman–Crippen LogP) is 5.02. The average molecular weight is 225 g/mol. The molecule has 0 saturated heterocycles. The van der Waals surface area contributed by atoms with Crippen LogP contribution in [0.1, 0.15) is 49.3 Å². The Morgan fingerprint density at radius 1 is 1.20 bits per heavy atom. The Kier molecular flexibility index (Phi) is 3.83. The highest BCUT2D eigenvalue weighted by Gasteiger charge is 2.19. The summed E-state index contributed by atoms with van der Waals surface area (Å²) < 4.78 is 0. The second-order valence-electron chi connectivity index (χ2n) is 5.59. The summed E-state index contributed by atoms with van der Waals surface area (Å²) in [4.78, 5) is 0. The minimum absolute atomic E-state index is 0.130. The number of rotatable bonds is 2. The molecule has 0 radical (unpaired) electrons.